The minimum Gasteiger partial charge on any atom is -0.456 e. The third-order valence-electron chi connectivity index (χ3n) is 4.61. The highest BCUT2D eigenvalue weighted by atomic mass is 16.6. The average Bonchev–Trinajstić information content (AvgIpc) is 2.75. The Labute approximate surface area is 124 Å². The Bertz CT molecular complexity index is 497. The van der Waals surface area contributed by atoms with Crippen molar-refractivity contribution < 1.29 is 19.0 Å². The van der Waals surface area contributed by atoms with Gasteiger partial charge in [-0.25, -0.2) is 0 Å². The molecule has 0 N–H and O–H groups in total. The highest BCUT2D eigenvalue weighted by Gasteiger charge is 2.55. The molecule has 0 aromatic heterocycles. The smallest absolute Gasteiger partial charge is 0.303 e. The molecule has 0 saturated carbocycles. The highest BCUT2D eigenvalue weighted by molar-refractivity contribution is 5.66. The number of fused-ring (bicyclic) bond motifs is 1. The second kappa shape index (κ2) is 5.43. The van der Waals surface area contributed by atoms with Gasteiger partial charge in [0.25, 0.3) is 0 Å². The summed E-state index contributed by atoms with van der Waals surface area (Å²) in [6, 6.07) is 2.27. The fraction of sp³-hybridized carbons (Fsp3) is 0.750. The number of hydrogen-bond acceptors (Lipinski definition) is 5. The van der Waals surface area contributed by atoms with E-state index in [1.807, 2.05) is 19.1 Å². The van der Waals surface area contributed by atoms with Gasteiger partial charge in [-0.1, -0.05) is 6.08 Å². The Morgan fingerprint density at radius 3 is 3.10 bits per heavy atom. The Kier molecular flexibility index (Phi) is 3.76. The molecule has 2 heterocycles. The van der Waals surface area contributed by atoms with Crippen LogP contribution in [0.25, 0.3) is 0 Å². The van der Waals surface area contributed by atoms with Crippen molar-refractivity contribution in [3.63, 3.8) is 0 Å². The zero-order chi connectivity index (χ0) is 15.0. The molecule has 0 aromatic carbocycles. The number of carbonyl (C=O) groups excluding carboxylic acids is 1. The van der Waals surface area contributed by atoms with E-state index >= 15 is 0 Å². The maximum Gasteiger partial charge on any atom is 0.303 e. The summed E-state index contributed by atoms with van der Waals surface area (Å²) in [6.07, 6.45) is 6.95. The summed E-state index contributed by atoms with van der Waals surface area (Å²) in [5.41, 5.74) is -0.389. The Morgan fingerprint density at radius 1 is 1.57 bits per heavy atom. The molecular weight excluding hydrogens is 270 g/mol. The fourth-order valence-corrected chi connectivity index (χ4v) is 3.67. The monoisotopic (exact) mass is 291 g/mol. The predicted molar refractivity (Wildman–Crippen MR) is 74.2 cm³/mol. The standard InChI is InChI=1S/C16H21NO4/c1-10(9-17)7-12-3-4-15-16(21-12)6-5-13(19-11(2)18)14(8-16)20-15/h5-6,10,12-15H,3-4,7-8H2,1-2H3/t10-,12?,13-,14-,15?,16?/m1/s1. The molecule has 2 fully saturated rings. The first kappa shape index (κ1) is 14.6. The molecule has 0 aromatic rings. The van der Waals surface area contributed by atoms with Gasteiger partial charge < -0.3 is 14.2 Å². The van der Waals surface area contributed by atoms with Crippen LogP contribution in [0.4, 0.5) is 0 Å². The van der Waals surface area contributed by atoms with Crippen molar-refractivity contribution >= 4 is 5.97 Å². The average molecular weight is 291 g/mol. The van der Waals surface area contributed by atoms with E-state index in [4.69, 9.17) is 19.5 Å². The lowest BCUT2D eigenvalue weighted by molar-refractivity contribution is -0.152. The summed E-state index contributed by atoms with van der Waals surface area (Å²) in [7, 11) is 0. The van der Waals surface area contributed by atoms with Crippen molar-refractivity contribution in [3.8, 4) is 6.07 Å². The van der Waals surface area contributed by atoms with Crippen LogP contribution in [0.5, 0.6) is 0 Å². The zero-order valence-electron chi connectivity index (χ0n) is 12.5. The molecule has 0 radical (unpaired) electrons. The van der Waals surface area contributed by atoms with Crippen molar-refractivity contribution in [3.05, 3.63) is 12.2 Å². The van der Waals surface area contributed by atoms with Gasteiger partial charge in [0.15, 0.2) is 0 Å². The van der Waals surface area contributed by atoms with Gasteiger partial charge in [-0.2, -0.15) is 5.26 Å². The number of nitrogens with zero attached hydrogens (tertiary/aromatic N) is 1. The van der Waals surface area contributed by atoms with Gasteiger partial charge in [0, 0.05) is 19.3 Å². The third kappa shape index (κ3) is 2.70. The van der Waals surface area contributed by atoms with Gasteiger partial charge >= 0.3 is 5.97 Å². The van der Waals surface area contributed by atoms with E-state index in [1.165, 1.54) is 6.92 Å². The van der Waals surface area contributed by atoms with E-state index in [0.29, 0.717) is 0 Å². The van der Waals surface area contributed by atoms with Gasteiger partial charge in [0.2, 0.25) is 0 Å². The van der Waals surface area contributed by atoms with Gasteiger partial charge in [-0.3, -0.25) is 4.79 Å². The van der Waals surface area contributed by atoms with Crippen LogP contribution in [-0.4, -0.2) is 36.0 Å². The first-order valence-corrected chi connectivity index (χ1v) is 7.62. The van der Waals surface area contributed by atoms with E-state index in [1.54, 1.807) is 0 Å². The molecular formula is C16H21NO4. The molecule has 21 heavy (non-hydrogen) atoms. The molecule has 0 amide bonds. The summed E-state index contributed by atoms with van der Waals surface area (Å²) in [5.74, 6) is -0.289. The lowest BCUT2D eigenvalue weighted by Gasteiger charge is -2.41. The molecule has 2 aliphatic heterocycles. The van der Waals surface area contributed by atoms with Gasteiger partial charge in [-0.15, -0.1) is 0 Å². The summed E-state index contributed by atoms with van der Waals surface area (Å²) in [5, 5.41) is 8.95. The zero-order valence-corrected chi connectivity index (χ0v) is 12.5. The summed E-state index contributed by atoms with van der Waals surface area (Å²) in [4.78, 5) is 11.1. The van der Waals surface area contributed by atoms with E-state index < -0.39 is 0 Å². The van der Waals surface area contributed by atoms with Crippen LogP contribution in [0.2, 0.25) is 0 Å². The Morgan fingerprint density at radius 2 is 2.38 bits per heavy atom. The van der Waals surface area contributed by atoms with Crippen LogP contribution in [0.1, 0.15) is 39.5 Å². The lowest BCUT2D eigenvalue weighted by Crippen LogP contribution is -2.48. The van der Waals surface area contributed by atoms with Crippen LogP contribution in [-0.2, 0) is 19.0 Å². The molecule has 5 nitrogen and oxygen atoms in total. The third-order valence-corrected chi connectivity index (χ3v) is 4.61. The summed E-state index contributed by atoms with van der Waals surface area (Å²) < 4.78 is 17.6. The molecule has 3 rings (SSSR count). The number of hydrogen-bond donors (Lipinski definition) is 0. The maximum absolute atomic E-state index is 11.1. The quantitative estimate of drug-likeness (QED) is 0.588. The molecule has 114 valence electrons. The number of carbonyl (C=O) groups is 1. The van der Waals surface area contributed by atoms with Crippen molar-refractivity contribution in [2.24, 2.45) is 5.92 Å². The molecule has 6 atom stereocenters. The number of nitriles is 1. The van der Waals surface area contributed by atoms with E-state index in [-0.39, 0.29) is 41.9 Å². The van der Waals surface area contributed by atoms with Crippen molar-refractivity contribution in [2.75, 3.05) is 0 Å². The van der Waals surface area contributed by atoms with Crippen LogP contribution >= 0.6 is 0 Å². The first-order chi connectivity index (χ1) is 10.0. The Hall–Kier alpha value is -1.38. The normalized spacial score (nSPS) is 42.0. The maximum atomic E-state index is 11.1. The molecule has 3 aliphatic rings. The second-order valence-corrected chi connectivity index (χ2v) is 6.34. The minimum absolute atomic E-state index is 0.00225. The summed E-state index contributed by atoms with van der Waals surface area (Å²) in [6.45, 7) is 3.34. The molecule has 1 aliphatic carbocycles. The second-order valence-electron chi connectivity index (χ2n) is 6.34. The molecule has 1 spiro atoms. The molecule has 2 bridgehead atoms. The SMILES string of the molecule is CC(=O)O[C@@H]1C=CC23C[C@H]1OC2CCC(C[C@@H](C)C#N)O3. The van der Waals surface area contributed by atoms with Crippen LogP contribution in [0, 0.1) is 17.2 Å². The molecule has 2 saturated heterocycles. The van der Waals surface area contributed by atoms with Crippen molar-refractivity contribution in [1.29, 1.82) is 5.26 Å². The van der Waals surface area contributed by atoms with Gasteiger partial charge in [0.05, 0.1) is 18.3 Å². The van der Waals surface area contributed by atoms with Gasteiger partial charge in [-0.05, 0) is 32.3 Å². The number of rotatable bonds is 3. The first-order valence-electron chi connectivity index (χ1n) is 7.62. The van der Waals surface area contributed by atoms with E-state index in [9.17, 15) is 4.79 Å². The van der Waals surface area contributed by atoms with Crippen LogP contribution < -0.4 is 0 Å². The molecule has 3 unspecified atom stereocenters. The van der Waals surface area contributed by atoms with Crippen molar-refractivity contribution in [1.82, 2.24) is 0 Å². The van der Waals surface area contributed by atoms with Crippen LogP contribution in [0.3, 0.4) is 0 Å². The van der Waals surface area contributed by atoms with Crippen LogP contribution in [0.15, 0.2) is 12.2 Å². The number of esters is 1. The van der Waals surface area contributed by atoms with E-state index in [2.05, 4.69) is 6.07 Å². The number of ether oxygens (including phenoxy) is 3. The fourth-order valence-electron chi connectivity index (χ4n) is 3.67. The minimum atomic E-state index is -0.389. The predicted octanol–water partition coefficient (Wildman–Crippen LogP) is 2.11. The van der Waals surface area contributed by atoms with E-state index in [0.717, 1.165) is 25.7 Å². The summed E-state index contributed by atoms with van der Waals surface area (Å²) >= 11 is 0. The highest BCUT2D eigenvalue weighted by Crippen LogP contribution is 2.47. The largest absolute Gasteiger partial charge is 0.456 e. The molecule has 5 heteroatoms. The topological polar surface area (TPSA) is 68.5 Å². The lowest BCUT2D eigenvalue weighted by atomic mass is 9.81. The van der Waals surface area contributed by atoms with Crippen molar-refractivity contribution in [2.45, 2.75) is 69.5 Å². The Balaban J connectivity index is 1.71. The van der Waals surface area contributed by atoms with Gasteiger partial charge in [0.1, 0.15) is 17.8 Å².